The van der Waals surface area contributed by atoms with Gasteiger partial charge in [0, 0.05) is 12.1 Å². The fourth-order valence-electron chi connectivity index (χ4n) is 2.19. The molecule has 0 saturated carbocycles. The summed E-state index contributed by atoms with van der Waals surface area (Å²) in [7, 11) is 0. The first-order valence-corrected chi connectivity index (χ1v) is 7.17. The van der Waals surface area contributed by atoms with Crippen LogP contribution in [0.2, 0.25) is 0 Å². The smallest absolute Gasteiger partial charge is 0.277 e. The van der Waals surface area contributed by atoms with Crippen molar-refractivity contribution in [2.45, 2.75) is 40.2 Å². The fourth-order valence-corrected chi connectivity index (χ4v) is 2.19. The van der Waals surface area contributed by atoms with Crippen LogP contribution in [0.3, 0.4) is 0 Å². The number of Topliss-reactive ketones (excluding diaryl/α,β-unsaturated/α-hetero) is 1. The Morgan fingerprint density at radius 1 is 1.24 bits per heavy atom. The Hall–Kier alpha value is -2.23. The molecule has 1 aromatic carbocycles. The molecule has 0 aliphatic rings. The van der Waals surface area contributed by atoms with Gasteiger partial charge in [-0.25, -0.2) is 4.68 Å². The molecule has 0 aliphatic carbocycles. The highest BCUT2D eigenvalue weighted by molar-refractivity contribution is 5.94. The first-order chi connectivity index (χ1) is 9.93. The molecule has 0 amide bonds. The molecular weight excluding hydrogens is 264 g/mol. The van der Waals surface area contributed by atoms with Gasteiger partial charge in [-0.05, 0) is 31.4 Å². The topological polar surface area (TPSA) is 52.0 Å². The van der Waals surface area contributed by atoms with Crippen molar-refractivity contribution in [3.8, 4) is 11.3 Å². The van der Waals surface area contributed by atoms with Crippen LogP contribution in [0.5, 0.6) is 0 Å². The highest BCUT2D eigenvalue weighted by atomic mass is 16.1. The lowest BCUT2D eigenvalue weighted by Gasteiger charge is -2.09. The van der Waals surface area contributed by atoms with Crippen molar-refractivity contribution in [1.82, 2.24) is 9.78 Å². The normalized spacial score (nSPS) is 10.9. The number of aromatic nitrogens is 2. The second-order valence-corrected chi connectivity index (χ2v) is 5.40. The van der Waals surface area contributed by atoms with Gasteiger partial charge in [0.05, 0.1) is 11.3 Å². The van der Waals surface area contributed by atoms with E-state index < -0.39 is 0 Å². The zero-order valence-electron chi connectivity index (χ0n) is 12.9. The minimum absolute atomic E-state index is 0.190. The molecule has 1 heterocycles. The van der Waals surface area contributed by atoms with E-state index in [1.165, 1.54) is 17.2 Å². The number of aryl methyl sites for hydroxylation is 1. The zero-order valence-corrected chi connectivity index (χ0v) is 12.9. The maximum Gasteiger partial charge on any atom is 0.277 e. The van der Waals surface area contributed by atoms with Gasteiger partial charge < -0.3 is 0 Å². The van der Waals surface area contributed by atoms with Crippen LogP contribution in [0.25, 0.3) is 11.3 Å². The van der Waals surface area contributed by atoms with Gasteiger partial charge >= 0.3 is 0 Å². The SMILES string of the molecule is CCn1nc(-c2ccc(C(C)C)cc2)cc(C(C)=O)c1=O. The van der Waals surface area contributed by atoms with Gasteiger partial charge in [-0.2, -0.15) is 5.10 Å². The molecule has 4 heteroatoms. The van der Waals surface area contributed by atoms with E-state index in [0.29, 0.717) is 18.2 Å². The monoisotopic (exact) mass is 284 g/mol. The average Bonchev–Trinajstić information content (AvgIpc) is 2.47. The molecule has 110 valence electrons. The van der Waals surface area contributed by atoms with E-state index in [1.807, 2.05) is 19.1 Å². The van der Waals surface area contributed by atoms with Crippen LogP contribution in [0.1, 0.15) is 49.5 Å². The number of carbonyl (C=O) groups excluding carboxylic acids is 1. The predicted molar refractivity (Wildman–Crippen MR) is 83.7 cm³/mol. The Labute approximate surface area is 124 Å². The van der Waals surface area contributed by atoms with Crippen LogP contribution in [-0.4, -0.2) is 15.6 Å². The molecule has 21 heavy (non-hydrogen) atoms. The van der Waals surface area contributed by atoms with E-state index in [1.54, 1.807) is 6.07 Å². The quantitative estimate of drug-likeness (QED) is 0.810. The number of carbonyl (C=O) groups is 1. The van der Waals surface area contributed by atoms with E-state index in [2.05, 4.69) is 31.1 Å². The van der Waals surface area contributed by atoms with Gasteiger partial charge in [-0.3, -0.25) is 9.59 Å². The Kier molecular flexibility index (Phi) is 4.36. The molecule has 0 atom stereocenters. The lowest BCUT2D eigenvalue weighted by molar-refractivity contribution is 0.101. The van der Waals surface area contributed by atoms with Crippen LogP contribution >= 0.6 is 0 Å². The molecule has 0 aliphatic heterocycles. The van der Waals surface area contributed by atoms with Crippen LogP contribution in [0.15, 0.2) is 35.1 Å². The van der Waals surface area contributed by atoms with Gasteiger partial charge in [0.25, 0.3) is 5.56 Å². The van der Waals surface area contributed by atoms with Crippen molar-refractivity contribution in [3.63, 3.8) is 0 Å². The molecule has 4 nitrogen and oxygen atoms in total. The molecule has 1 aromatic heterocycles. The Balaban J connectivity index is 2.55. The third-order valence-corrected chi connectivity index (χ3v) is 3.53. The Morgan fingerprint density at radius 2 is 1.86 bits per heavy atom. The summed E-state index contributed by atoms with van der Waals surface area (Å²) in [5.41, 5.74) is 2.66. The van der Waals surface area contributed by atoms with Gasteiger partial charge in [-0.1, -0.05) is 38.1 Å². The summed E-state index contributed by atoms with van der Waals surface area (Å²) in [5.74, 6) is 0.231. The number of benzene rings is 1. The van der Waals surface area contributed by atoms with E-state index in [-0.39, 0.29) is 16.9 Å². The maximum atomic E-state index is 12.0. The molecule has 2 rings (SSSR count). The standard InChI is InChI=1S/C17H20N2O2/c1-5-19-17(21)15(12(4)20)10-16(18-19)14-8-6-13(7-9-14)11(2)3/h6-11H,5H2,1-4H3. The van der Waals surface area contributed by atoms with E-state index in [9.17, 15) is 9.59 Å². The number of ketones is 1. The van der Waals surface area contributed by atoms with Crippen LogP contribution in [0, 0.1) is 0 Å². The largest absolute Gasteiger partial charge is 0.294 e. The van der Waals surface area contributed by atoms with Crippen molar-refractivity contribution < 1.29 is 4.79 Å². The Bertz CT molecular complexity index is 713. The summed E-state index contributed by atoms with van der Waals surface area (Å²) in [6, 6.07) is 9.65. The van der Waals surface area contributed by atoms with Crippen LogP contribution in [0.4, 0.5) is 0 Å². The summed E-state index contributed by atoms with van der Waals surface area (Å²) in [5, 5.41) is 4.33. The average molecular weight is 284 g/mol. The highest BCUT2D eigenvalue weighted by Crippen LogP contribution is 2.21. The number of rotatable bonds is 4. The summed E-state index contributed by atoms with van der Waals surface area (Å²) in [6.45, 7) is 7.96. The second kappa shape index (κ2) is 6.04. The first kappa shape index (κ1) is 15.2. The van der Waals surface area contributed by atoms with E-state index in [4.69, 9.17) is 0 Å². The molecule has 0 radical (unpaired) electrons. The third kappa shape index (κ3) is 3.10. The molecular formula is C17H20N2O2. The van der Waals surface area contributed by atoms with E-state index in [0.717, 1.165) is 5.56 Å². The molecule has 0 fully saturated rings. The maximum absolute atomic E-state index is 12.0. The summed E-state index contributed by atoms with van der Waals surface area (Å²) in [4.78, 5) is 23.7. The van der Waals surface area contributed by atoms with Crippen LogP contribution < -0.4 is 5.56 Å². The number of nitrogens with zero attached hydrogens (tertiary/aromatic N) is 2. The van der Waals surface area contributed by atoms with Crippen molar-refractivity contribution in [2.75, 3.05) is 0 Å². The number of hydrogen-bond donors (Lipinski definition) is 0. The lowest BCUT2D eigenvalue weighted by atomic mass is 10.0. The zero-order chi connectivity index (χ0) is 15.6. The molecule has 0 N–H and O–H groups in total. The van der Waals surface area contributed by atoms with Gasteiger partial charge in [0.15, 0.2) is 5.78 Å². The summed E-state index contributed by atoms with van der Waals surface area (Å²) in [6.07, 6.45) is 0. The minimum atomic E-state index is -0.326. The summed E-state index contributed by atoms with van der Waals surface area (Å²) >= 11 is 0. The minimum Gasteiger partial charge on any atom is -0.294 e. The van der Waals surface area contributed by atoms with E-state index >= 15 is 0 Å². The number of hydrogen-bond acceptors (Lipinski definition) is 3. The molecule has 2 aromatic rings. The Morgan fingerprint density at radius 3 is 2.33 bits per heavy atom. The van der Waals surface area contributed by atoms with Crippen molar-refractivity contribution in [3.05, 3.63) is 51.8 Å². The summed E-state index contributed by atoms with van der Waals surface area (Å²) < 4.78 is 1.34. The molecule has 0 saturated heterocycles. The fraction of sp³-hybridized carbons (Fsp3) is 0.353. The molecule has 0 bridgehead atoms. The van der Waals surface area contributed by atoms with Crippen molar-refractivity contribution in [1.29, 1.82) is 0 Å². The predicted octanol–water partition coefficient (Wildman–Crippen LogP) is 3.26. The third-order valence-electron chi connectivity index (χ3n) is 3.53. The van der Waals surface area contributed by atoms with Crippen molar-refractivity contribution >= 4 is 5.78 Å². The molecule has 0 unspecified atom stereocenters. The van der Waals surface area contributed by atoms with Crippen molar-refractivity contribution in [2.24, 2.45) is 0 Å². The van der Waals surface area contributed by atoms with Gasteiger partial charge in [0.1, 0.15) is 0 Å². The lowest BCUT2D eigenvalue weighted by Crippen LogP contribution is -2.27. The van der Waals surface area contributed by atoms with Gasteiger partial charge in [-0.15, -0.1) is 0 Å². The first-order valence-electron chi connectivity index (χ1n) is 7.17. The molecule has 0 spiro atoms. The highest BCUT2D eigenvalue weighted by Gasteiger charge is 2.12. The van der Waals surface area contributed by atoms with Crippen LogP contribution in [-0.2, 0) is 6.54 Å². The second-order valence-electron chi connectivity index (χ2n) is 5.40. The van der Waals surface area contributed by atoms with Gasteiger partial charge in [0.2, 0.25) is 0 Å².